The van der Waals surface area contributed by atoms with Gasteiger partial charge in [0.15, 0.2) is 0 Å². The van der Waals surface area contributed by atoms with E-state index in [1.54, 1.807) is 25.4 Å². The van der Waals surface area contributed by atoms with Gasteiger partial charge in [-0.25, -0.2) is 0 Å². The van der Waals surface area contributed by atoms with Crippen molar-refractivity contribution in [3.8, 4) is 0 Å². The van der Waals surface area contributed by atoms with Crippen LogP contribution in [-0.2, 0) is 17.3 Å². The molecule has 2 aromatic rings. The van der Waals surface area contributed by atoms with Crippen LogP contribution in [0.3, 0.4) is 0 Å². The van der Waals surface area contributed by atoms with Crippen LogP contribution in [0, 0.1) is 10.1 Å². The summed E-state index contributed by atoms with van der Waals surface area (Å²) < 4.78 is 12.2. The highest BCUT2D eigenvalue weighted by molar-refractivity contribution is 9.10. The molecule has 0 aliphatic rings. The Bertz CT molecular complexity index is 719. The Labute approximate surface area is 139 Å². The normalized spacial score (nSPS) is 12.0. The Hall–Kier alpha value is -1.73. The van der Waals surface area contributed by atoms with Crippen LogP contribution in [0.15, 0.2) is 51.8 Å². The molecule has 116 valence electrons. The second-order valence-corrected chi connectivity index (χ2v) is 7.14. The summed E-state index contributed by atoms with van der Waals surface area (Å²) >= 11 is 3.34. The molecule has 0 saturated carbocycles. The Morgan fingerprint density at radius 2 is 1.86 bits per heavy atom. The highest BCUT2D eigenvalue weighted by atomic mass is 79.9. The number of halogens is 1. The lowest BCUT2D eigenvalue weighted by molar-refractivity contribution is -0.384. The van der Waals surface area contributed by atoms with Crippen LogP contribution in [-0.4, -0.2) is 22.4 Å². The second kappa shape index (κ2) is 7.02. The average Bonchev–Trinajstić information content (AvgIpc) is 2.47. The fraction of sp³-hybridized carbons (Fsp3) is 0.200. The molecule has 0 fully saturated rings. The third kappa shape index (κ3) is 3.92. The van der Waals surface area contributed by atoms with E-state index < -0.39 is 10.8 Å². The topological polar surface area (TPSA) is 63.5 Å². The summed E-state index contributed by atoms with van der Waals surface area (Å²) in [6.07, 6.45) is 1.63. The van der Waals surface area contributed by atoms with Gasteiger partial charge in [-0.3, -0.25) is 14.3 Å². The van der Waals surface area contributed by atoms with Gasteiger partial charge in [-0.15, -0.1) is 0 Å². The molecule has 22 heavy (non-hydrogen) atoms. The van der Waals surface area contributed by atoms with Gasteiger partial charge in [0.25, 0.3) is 5.69 Å². The maximum atomic E-state index is 11.4. The molecule has 0 aromatic heterocycles. The summed E-state index contributed by atoms with van der Waals surface area (Å²) in [4.78, 5) is 13.3. The lowest BCUT2D eigenvalue weighted by Gasteiger charge is -2.19. The Morgan fingerprint density at radius 1 is 1.23 bits per heavy atom. The summed E-state index contributed by atoms with van der Waals surface area (Å²) in [6, 6.07) is 12.3. The van der Waals surface area contributed by atoms with Gasteiger partial charge in [-0.05, 0) is 29.8 Å². The maximum Gasteiger partial charge on any atom is 0.292 e. The highest BCUT2D eigenvalue weighted by Crippen LogP contribution is 2.31. The summed E-state index contributed by atoms with van der Waals surface area (Å²) in [5.41, 5.74) is 1.60. The summed E-state index contributed by atoms with van der Waals surface area (Å²) in [5, 5.41) is 11.1. The minimum Gasteiger partial charge on any atom is -0.365 e. The number of rotatable bonds is 5. The van der Waals surface area contributed by atoms with Crippen molar-refractivity contribution < 1.29 is 9.13 Å². The van der Waals surface area contributed by atoms with E-state index in [-0.39, 0.29) is 10.6 Å². The zero-order valence-corrected chi connectivity index (χ0v) is 14.6. The third-order valence-corrected chi connectivity index (χ3v) is 4.65. The molecule has 0 aliphatic heterocycles. The number of hydrogen-bond donors (Lipinski definition) is 0. The van der Waals surface area contributed by atoms with Crippen molar-refractivity contribution in [2.45, 2.75) is 11.4 Å². The van der Waals surface area contributed by atoms with Gasteiger partial charge >= 0.3 is 0 Å². The molecule has 0 spiro atoms. The van der Waals surface area contributed by atoms with Gasteiger partial charge in [0.05, 0.1) is 4.92 Å². The molecule has 0 aliphatic carbocycles. The van der Waals surface area contributed by atoms with Gasteiger partial charge in [0.2, 0.25) is 0 Å². The zero-order valence-electron chi connectivity index (χ0n) is 12.2. The SMILES string of the molecule is CN(Cc1ccc(S(C)=O)cc1)c1cc(Br)ccc1[N+](=O)[O-]. The van der Waals surface area contributed by atoms with Gasteiger partial charge in [-0.2, -0.15) is 0 Å². The Kier molecular flexibility index (Phi) is 5.31. The minimum atomic E-state index is -1.01. The Morgan fingerprint density at radius 3 is 2.41 bits per heavy atom. The number of anilines is 1. The van der Waals surface area contributed by atoms with Crippen LogP contribution >= 0.6 is 15.9 Å². The van der Waals surface area contributed by atoms with Crippen LogP contribution in [0.2, 0.25) is 0 Å². The van der Waals surface area contributed by atoms with Gasteiger partial charge in [0.1, 0.15) is 5.69 Å². The maximum absolute atomic E-state index is 11.4. The van der Waals surface area contributed by atoms with Crippen molar-refractivity contribution in [1.29, 1.82) is 0 Å². The molecule has 0 radical (unpaired) electrons. The van der Waals surface area contributed by atoms with E-state index >= 15 is 0 Å². The molecule has 2 aromatic carbocycles. The first kappa shape index (κ1) is 16.6. The van der Waals surface area contributed by atoms with Crippen molar-refractivity contribution in [3.63, 3.8) is 0 Å². The molecule has 1 atom stereocenters. The fourth-order valence-corrected chi connectivity index (χ4v) is 2.97. The van der Waals surface area contributed by atoms with Crippen molar-refractivity contribution in [1.82, 2.24) is 0 Å². The molecule has 2 rings (SSSR count). The van der Waals surface area contributed by atoms with Crippen molar-refractivity contribution in [2.24, 2.45) is 0 Å². The van der Waals surface area contributed by atoms with Gasteiger partial charge in [0, 0.05) is 46.1 Å². The minimum absolute atomic E-state index is 0.0667. The summed E-state index contributed by atoms with van der Waals surface area (Å²) in [6.45, 7) is 0.522. The van der Waals surface area contributed by atoms with Crippen molar-refractivity contribution >= 4 is 38.1 Å². The van der Waals surface area contributed by atoms with Crippen LogP contribution < -0.4 is 4.90 Å². The quantitative estimate of drug-likeness (QED) is 0.583. The number of nitro groups is 1. The zero-order chi connectivity index (χ0) is 16.3. The molecule has 0 saturated heterocycles. The predicted molar refractivity (Wildman–Crippen MR) is 91.7 cm³/mol. The van der Waals surface area contributed by atoms with Crippen LogP contribution in [0.5, 0.6) is 0 Å². The van der Waals surface area contributed by atoms with Crippen LogP contribution in [0.1, 0.15) is 5.56 Å². The average molecular weight is 383 g/mol. The number of nitrogens with zero attached hydrogens (tertiary/aromatic N) is 2. The van der Waals surface area contributed by atoms with Crippen molar-refractivity contribution in [3.05, 3.63) is 62.6 Å². The number of hydrogen-bond acceptors (Lipinski definition) is 4. The molecule has 7 heteroatoms. The molecule has 0 heterocycles. The lowest BCUT2D eigenvalue weighted by Crippen LogP contribution is -2.17. The van der Waals surface area contributed by atoms with E-state index in [4.69, 9.17) is 0 Å². The molecule has 0 bridgehead atoms. The summed E-state index contributed by atoms with van der Waals surface area (Å²) in [5.74, 6) is 0. The fourth-order valence-electron chi connectivity index (χ4n) is 2.10. The Balaban J connectivity index is 2.25. The predicted octanol–water partition coefficient (Wildman–Crippen LogP) is 3.73. The first-order valence-corrected chi connectivity index (χ1v) is 8.81. The molecular weight excluding hydrogens is 368 g/mol. The molecular formula is C15H15BrN2O3S. The van der Waals surface area contributed by atoms with Gasteiger partial charge in [-0.1, -0.05) is 28.1 Å². The first-order chi connectivity index (χ1) is 10.4. The molecule has 0 N–H and O–H groups in total. The number of benzene rings is 2. The first-order valence-electron chi connectivity index (χ1n) is 6.46. The summed E-state index contributed by atoms with van der Waals surface area (Å²) in [7, 11) is 0.798. The van der Waals surface area contributed by atoms with E-state index in [2.05, 4.69) is 15.9 Å². The number of nitro benzene ring substituents is 1. The standard InChI is InChI=1S/C15H15BrN2O3S/c1-17(10-11-3-6-13(7-4-11)22(2)21)15-9-12(16)5-8-14(15)18(19)20/h3-9H,10H2,1-2H3. The van der Waals surface area contributed by atoms with Crippen molar-refractivity contribution in [2.75, 3.05) is 18.2 Å². The van der Waals surface area contributed by atoms with Crippen LogP contribution in [0.4, 0.5) is 11.4 Å². The van der Waals surface area contributed by atoms with E-state index in [0.717, 1.165) is 14.9 Å². The molecule has 1 unspecified atom stereocenters. The third-order valence-electron chi connectivity index (χ3n) is 3.22. The van der Waals surface area contributed by atoms with Crippen LogP contribution in [0.25, 0.3) is 0 Å². The smallest absolute Gasteiger partial charge is 0.292 e. The molecule has 0 amide bonds. The molecule has 5 nitrogen and oxygen atoms in total. The van der Waals surface area contributed by atoms with E-state index in [1.807, 2.05) is 29.2 Å². The van der Waals surface area contributed by atoms with E-state index in [9.17, 15) is 14.3 Å². The second-order valence-electron chi connectivity index (χ2n) is 4.84. The lowest BCUT2D eigenvalue weighted by atomic mass is 10.2. The van der Waals surface area contributed by atoms with E-state index in [0.29, 0.717) is 12.2 Å². The largest absolute Gasteiger partial charge is 0.365 e. The van der Waals surface area contributed by atoms with Gasteiger partial charge < -0.3 is 4.90 Å². The van der Waals surface area contributed by atoms with E-state index in [1.165, 1.54) is 6.07 Å². The monoisotopic (exact) mass is 382 g/mol. The highest BCUT2D eigenvalue weighted by Gasteiger charge is 2.17.